The van der Waals surface area contributed by atoms with Gasteiger partial charge in [-0.15, -0.1) is 0 Å². The fraction of sp³-hybridized carbons (Fsp3) is 0.556. The van der Waals surface area contributed by atoms with E-state index >= 15 is 0 Å². The molecule has 0 aromatic heterocycles. The molecule has 1 aliphatic heterocycles. The normalized spacial score (nSPS) is 15.2. The first-order chi connectivity index (χ1) is 12.2. The van der Waals surface area contributed by atoms with E-state index in [1.165, 1.54) is 19.3 Å². The number of nitrogens with zero attached hydrogens (tertiary/aromatic N) is 2. The van der Waals surface area contributed by atoms with Crippen molar-refractivity contribution in [3.63, 3.8) is 0 Å². The smallest absolute Gasteiger partial charge is 0.241 e. The van der Waals surface area contributed by atoms with E-state index in [1.54, 1.807) is 39.7 Å². The lowest BCUT2D eigenvalue weighted by Crippen LogP contribution is -2.33. The summed E-state index contributed by atoms with van der Waals surface area (Å²) in [4.78, 5) is 14.2. The van der Waals surface area contributed by atoms with Crippen molar-refractivity contribution in [3.8, 4) is 17.2 Å². The Morgan fingerprint density at radius 3 is 2.32 bits per heavy atom. The molecular formula is C18H27N3O4. The van der Waals surface area contributed by atoms with E-state index in [0.29, 0.717) is 23.7 Å². The Labute approximate surface area is 148 Å². The Bertz CT molecular complexity index is 573. The van der Waals surface area contributed by atoms with E-state index in [9.17, 15) is 4.79 Å². The van der Waals surface area contributed by atoms with Gasteiger partial charge in [-0.2, -0.15) is 5.10 Å². The van der Waals surface area contributed by atoms with E-state index in [0.717, 1.165) is 25.2 Å². The molecule has 0 bridgehead atoms. The summed E-state index contributed by atoms with van der Waals surface area (Å²) < 4.78 is 15.9. The van der Waals surface area contributed by atoms with Gasteiger partial charge in [-0.25, -0.2) is 5.43 Å². The molecule has 1 fully saturated rings. The van der Waals surface area contributed by atoms with Crippen LogP contribution in [0.4, 0.5) is 0 Å². The highest BCUT2D eigenvalue weighted by atomic mass is 16.5. The molecule has 1 N–H and O–H groups in total. The Morgan fingerprint density at radius 1 is 1.12 bits per heavy atom. The summed E-state index contributed by atoms with van der Waals surface area (Å²) in [7, 11) is 4.66. The van der Waals surface area contributed by atoms with Gasteiger partial charge >= 0.3 is 0 Å². The monoisotopic (exact) mass is 349 g/mol. The minimum absolute atomic E-state index is 0.0886. The molecule has 2 rings (SSSR count). The third kappa shape index (κ3) is 5.63. The zero-order valence-corrected chi connectivity index (χ0v) is 15.2. The van der Waals surface area contributed by atoms with Gasteiger partial charge in [0.1, 0.15) is 0 Å². The Balaban J connectivity index is 1.89. The second-order valence-electron chi connectivity index (χ2n) is 5.90. The number of hydrogen-bond acceptors (Lipinski definition) is 6. The molecule has 7 heteroatoms. The quantitative estimate of drug-likeness (QED) is 0.574. The highest BCUT2D eigenvalue weighted by Gasteiger charge is 2.13. The second kappa shape index (κ2) is 9.88. The van der Waals surface area contributed by atoms with Crippen LogP contribution in [0.3, 0.4) is 0 Å². The maximum absolute atomic E-state index is 11.9. The number of amides is 1. The third-order valence-electron chi connectivity index (χ3n) is 4.19. The van der Waals surface area contributed by atoms with Crippen molar-refractivity contribution in [1.82, 2.24) is 10.3 Å². The molecule has 1 aromatic carbocycles. The molecule has 0 atom stereocenters. The molecule has 0 radical (unpaired) electrons. The van der Waals surface area contributed by atoms with Crippen molar-refractivity contribution in [1.29, 1.82) is 0 Å². The molecule has 7 nitrogen and oxygen atoms in total. The highest BCUT2D eigenvalue weighted by Crippen LogP contribution is 2.37. The summed E-state index contributed by atoms with van der Waals surface area (Å²) in [5.74, 6) is 1.52. The van der Waals surface area contributed by atoms with Crippen LogP contribution in [0.1, 0.15) is 31.2 Å². The number of benzene rings is 1. The minimum Gasteiger partial charge on any atom is -0.493 e. The fourth-order valence-electron chi connectivity index (χ4n) is 2.85. The van der Waals surface area contributed by atoms with Crippen molar-refractivity contribution < 1.29 is 19.0 Å². The summed E-state index contributed by atoms with van der Waals surface area (Å²) in [6.07, 6.45) is 5.75. The van der Waals surface area contributed by atoms with Gasteiger partial charge in [-0.3, -0.25) is 4.79 Å². The lowest BCUT2D eigenvalue weighted by Gasteiger charge is -2.25. The van der Waals surface area contributed by atoms with Crippen molar-refractivity contribution in [2.75, 3.05) is 41.0 Å². The first-order valence-corrected chi connectivity index (χ1v) is 8.52. The topological polar surface area (TPSA) is 72.4 Å². The first-order valence-electron chi connectivity index (χ1n) is 8.52. The Morgan fingerprint density at radius 2 is 1.76 bits per heavy atom. The molecular weight excluding hydrogens is 322 g/mol. The van der Waals surface area contributed by atoms with Crippen LogP contribution in [0.2, 0.25) is 0 Å². The summed E-state index contributed by atoms with van der Waals surface area (Å²) >= 11 is 0. The van der Waals surface area contributed by atoms with E-state index in [2.05, 4.69) is 15.4 Å². The number of piperidine rings is 1. The van der Waals surface area contributed by atoms with E-state index < -0.39 is 0 Å². The molecule has 25 heavy (non-hydrogen) atoms. The first kappa shape index (κ1) is 19.1. The standard InChI is InChI=1S/C18H27N3O4/c1-23-15-11-14(12-16(24-2)18(15)25-3)13-19-20-17(22)7-10-21-8-5-4-6-9-21/h11-13H,4-10H2,1-3H3,(H,20,22). The summed E-state index contributed by atoms with van der Waals surface area (Å²) in [5, 5.41) is 4.02. The van der Waals surface area contributed by atoms with Gasteiger partial charge in [-0.1, -0.05) is 6.42 Å². The van der Waals surface area contributed by atoms with Gasteiger partial charge in [-0.05, 0) is 38.1 Å². The van der Waals surface area contributed by atoms with Crippen molar-refractivity contribution in [2.45, 2.75) is 25.7 Å². The summed E-state index contributed by atoms with van der Waals surface area (Å²) in [6.45, 7) is 2.95. The number of nitrogens with one attached hydrogen (secondary N) is 1. The number of carbonyl (C=O) groups is 1. The molecule has 0 unspecified atom stereocenters. The number of rotatable bonds is 8. The number of hydrogen-bond donors (Lipinski definition) is 1. The fourth-order valence-corrected chi connectivity index (χ4v) is 2.85. The predicted octanol–water partition coefficient (Wildman–Crippen LogP) is 2.04. The third-order valence-corrected chi connectivity index (χ3v) is 4.19. The number of ether oxygens (including phenoxy) is 3. The van der Waals surface area contributed by atoms with Gasteiger partial charge in [0.05, 0.1) is 27.5 Å². The van der Waals surface area contributed by atoms with Gasteiger partial charge in [0.25, 0.3) is 0 Å². The Hall–Kier alpha value is -2.28. The largest absolute Gasteiger partial charge is 0.493 e. The molecule has 0 spiro atoms. The predicted molar refractivity (Wildman–Crippen MR) is 96.7 cm³/mol. The highest BCUT2D eigenvalue weighted by molar-refractivity contribution is 5.84. The number of hydrazone groups is 1. The van der Waals surface area contributed by atoms with Crippen LogP contribution in [0, 0.1) is 0 Å². The number of likely N-dealkylation sites (tertiary alicyclic amines) is 1. The molecule has 0 aliphatic carbocycles. The number of carbonyl (C=O) groups excluding carboxylic acids is 1. The molecule has 138 valence electrons. The van der Waals surface area contributed by atoms with Crippen molar-refractivity contribution in [3.05, 3.63) is 17.7 Å². The minimum atomic E-state index is -0.0886. The average Bonchev–Trinajstić information content (AvgIpc) is 2.66. The van der Waals surface area contributed by atoms with Crippen LogP contribution in [-0.2, 0) is 4.79 Å². The van der Waals surface area contributed by atoms with Gasteiger partial charge < -0.3 is 19.1 Å². The molecule has 1 saturated heterocycles. The van der Waals surface area contributed by atoms with Gasteiger partial charge in [0.15, 0.2) is 11.5 Å². The zero-order valence-electron chi connectivity index (χ0n) is 15.2. The zero-order chi connectivity index (χ0) is 18.1. The number of methoxy groups -OCH3 is 3. The van der Waals surface area contributed by atoms with Crippen LogP contribution in [0.15, 0.2) is 17.2 Å². The molecule has 1 aliphatic rings. The van der Waals surface area contributed by atoms with Crippen LogP contribution in [0.5, 0.6) is 17.2 Å². The van der Waals surface area contributed by atoms with E-state index in [4.69, 9.17) is 14.2 Å². The van der Waals surface area contributed by atoms with E-state index in [-0.39, 0.29) is 5.91 Å². The van der Waals surface area contributed by atoms with Gasteiger partial charge in [0, 0.05) is 18.5 Å². The molecule has 0 saturated carbocycles. The van der Waals surface area contributed by atoms with Crippen LogP contribution in [-0.4, -0.2) is 58.0 Å². The van der Waals surface area contributed by atoms with Gasteiger partial charge in [0.2, 0.25) is 11.7 Å². The van der Waals surface area contributed by atoms with Crippen LogP contribution < -0.4 is 19.6 Å². The Kier molecular flexibility index (Phi) is 7.53. The molecule has 1 heterocycles. The molecule has 1 aromatic rings. The summed E-state index contributed by atoms with van der Waals surface area (Å²) in [6, 6.07) is 3.54. The maximum Gasteiger partial charge on any atom is 0.241 e. The lowest BCUT2D eigenvalue weighted by molar-refractivity contribution is -0.121. The van der Waals surface area contributed by atoms with E-state index in [1.807, 2.05) is 0 Å². The second-order valence-corrected chi connectivity index (χ2v) is 5.90. The summed E-state index contributed by atoms with van der Waals surface area (Å²) in [5.41, 5.74) is 3.31. The molecule has 1 amide bonds. The van der Waals surface area contributed by atoms with Crippen LogP contribution in [0.25, 0.3) is 0 Å². The lowest BCUT2D eigenvalue weighted by atomic mass is 10.1. The van der Waals surface area contributed by atoms with Crippen molar-refractivity contribution >= 4 is 12.1 Å². The van der Waals surface area contributed by atoms with Crippen molar-refractivity contribution in [2.24, 2.45) is 5.10 Å². The average molecular weight is 349 g/mol. The SMILES string of the molecule is COc1cc(C=NNC(=O)CCN2CCCCC2)cc(OC)c1OC. The van der Waals surface area contributed by atoms with Crippen LogP contribution >= 0.6 is 0 Å². The maximum atomic E-state index is 11.9.